The minimum Gasteiger partial charge on any atom is -0.465 e. The summed E-state index contributed by atoms with van der Waals surface area (Å²) in [6, 6.07) is 1.22. The first-order valence-corrected chi connectivity index (χ1v) is 5.59. The van der Waals surface area contributed by atoms with Gasteiger partial charge < -0.3 is 5.11 Å². The van der Waals surface area contributed by atoms with E-state index in [0.29, 0.717) is 0 Å². The summed E-state index contributed by atoms with van der Waals surface area (Å²) in [4.78, 5) is 14.0. The van der Waals surface area contributed by atoms with Gasteiger partial charge in [-0.15, -0.1) is 0 Å². The van der Waals surface area contributed by atoms with Crippen molar-refractivity contribution in [1.29, 1.82) is 0 Å². The molecule has 1 rings (SSSR count). The molecule has 0 aliphatic carbocycles. The van der Waals surface area contributed by atoms with E-state index in [0.717, 1.165) is 0 Å². The number of hydrogen-bond acceptors (Lipinski definition) is 2. The minimum absolute atomic E-state index is 0.126. The molecule has 2 N–H and O–H groups in total. The molecular weight excluding hydrogens is 285 g/mol. The van der Waals surface area contributed by atoms with Crippen LogP contribution in [-0.4, -0.2) is 16.2 Å². The van der Waals surface area contributed by atoms with Crippen LogP contribution in [0.25, 0.3) is 0 Å². The molecule has 0 bridgehead atoms. The van der Waals surface area contributed by atoms with Gasteiger partial charge in [0.05, 0.1) is 10.7 Å². The van der Waals surface area contributed by atoms with Gasteiger partial charge in [0.15, 0.2) is 5.69 Å². The van der Waals surface area contributed by atoms with Crippen LogP contribution in [0, 0.1) is 0 Å². The second-order valence-electron chi connectivity index (χ2n) is 4.89. The first kappa shape index (κ1) is 15.6. The summed E-state index contributed by atoms with van der Waals surface area (Å²) < 4.78 is 38.7. The van der Waals surface area contributed by atoms with Crippen molar-refractivity contribution in [2.75, 3.05) is 5.32 Å². The van der Waals surface area contributed by atoms with E-state index in [1.54, 1.807) is 26.1 Å². The fraction of sp³-hybridized carbons (Fsp3) is 0.455. The average molecular weight is 297 g/mol. The van der Waals surface area contributed by atoms with E-state index < -0.39 is 29.1 Å². The second-order valence-corrected chi connectivity index (χ2v) is 5.30. The predicted molar refractivity (Wildman–Crippen MR) is 64.6 cm³/mol. The monoisotopic (exact) mass is 296 g/mol. The third kappa shape index (κ3) is 3.73. The van der Waals surface area contributed by atoms with Crippen molar-refractivity contribution in [3.8, 4) is 0 Å². The van der Waals surface area contributed by atoms with Crippen LogP contribution >= 0.6 is 11.6 Å². The van der Waals surface area contributed by atoms with E-state index >= 15 is 0 Å². The molecule has 19 heavy (non-hydrogen) atoms. The van der Waals surface area contributed by atoms with Crippen molar-refractivity contribution in [1.82, 2.24) is 4.98 Å². The highest BCUT2D eigenvalue weighted by Crippen LogP contribution is 2.39. The number of alkyl halides is 3. The Labute approximate surface area is 112 Å². The number of aromatic nitrogens is 1. The van der Waals surface area contributed by atoms with Crippen molar-refractivity contribution >= 4 is 23.4 Å². The van der Waals surface area contributed by atoms with Gasteiger partial charge in [-0.3, -0.25) is 5.32 Å². The maximum Gasteiger partial charge on any atom is 0.435 e. The Bertz CT molecular complexity index is 510. The molecule has 0 spiro atoms. The number of hydrogen-bond donors (Lipinski definition) is 2. The van der Waals surface area contributed by atoms with Crippen LogP contribution in [0.1, 0.15) is 32.2 Å². The van der Waals surface area contributed by atoms with Gasteiger partial charge in [0.25, 0.3) is 0 Å². The van der Waals surface area contributed by atoms with E-state index in [4.69, 9.17) is 16.7 Å². The van der Waals surface area contributed by atoms with Gasteiger partial charge in [0.2, 0.25) is 0 Å². The first-order valence-electron chi connectivity index (χ1n) is 5.21. The highest BCUT2D eigenvalue weighted by molar-refractivity contribution is 6.33. The van der Waals surface area contributed by atoms with Gasteiger partial charge >= 0.3 is 12.3 Å². The maximum atomic E-state index is 12.9. The number of nitrogens with zero attached hydrogens (tertiary/aromatic N) is 1. The summed E-state index contributed by atoms with van der Waals surface area (Å²) in [6.07, 6.45) is -6.44. The standard InChI is InChI=1S/C11H12ClF3N2O2/c1-10(2,3)6-4-5(12)7(17-9(18)19)8(16-6)11(13,14)15/h4,17H,1-3H3,(H,18,19). The van der Waals surface area contributed by atoms with E-state index in [1.807, 2.05) is 0 Å². The molecule has 1 heterocycles. The molecule has 1 aromatic rings. The molecule has 0 unspecified atom stereocenters. The lowest BCUT2D eigenvalue weighted by Gasteiger charge is -2.21. The van der Waals surface area contributed by atoms with Crippen LogP contribution < -0.4 is 5.32 Å². The van der Waals surface area contributed by atoms with E-state index in [2.05, 4.69) is 4.98 Å². The van der Waals surface area contributed by atoms with Gasteiger partial charge in [-0.1, -0.05) is 32.4 Å². The third-order valence-corrected chi connectivity index (χ3v) is 2.54. The average Bonchev–Trinajstić information content (AvgIpc) is 2.16. The predicted octanol–water partition coefficient (Wildman–Crippen LogP) is 4.14. The van der Waals surface area contributed by atoms with Gasteiger partial charge in [-0.05, 0) is 6.07 Å². The van der Waals surface area contributed by atoms with Crippen molar-refractivity contribution in [2.24, 2.45) is 0 Å². The van der Waals surface area contributed by atoms with Gasteiger partial charge in [0.1, 0.15) is 0 Å². The Morgan fingerprint density at radius 3 is 2.26 bits per heavy atom. The fourth-order valence-electron chi connectivity index (χ4n) is 1.33. The first-order chi connectivity index (χ1) is 8.43. The lowest BCUT2D eigenvalue weighted by Crippen LogP contribution is -2.21. The van der Waals surface area contributed by atoms with Crippen LogP contribution in [0.15, 0.2) is 6.07 Å². The molecule has 106 valence electrons. The Balaban J connectivity index is 3.52. The highest BCUT2D eigenvalue weighted by atomic mass is 35.5. The van der Waals surface area contributed by atoms with Gasteiger partial charge in [-0.25, -0.2) is 9.78 Å². The Kier molecular flexibility index (Phi) is 4.00. The third-order valence-electron chi connectivity index (χ3n) is 2.24. The zero-order chi connectivity index (χ0) is 15.0. The summed E-state index contributed by atoms with van der Waals surface area (Å²) in [5.41, 5.74) is -2.62. The molecule has 0 fully saturated rings. The van der Waals surface area contributed by atoms with Crippen LogP contribution in [0.3, 0.4) is 0 Å². The summed E-state index contributed by atoms with van der Waals surface area (Å²) in [6.45, 7) is 5.03. The van der Waals surface area contributed by atoms with Gasteiger partial charge in [-0.2, -0.15) is 13.2 Å². The maximum absolute atomic E-state index is 12.9. The van der Waals surface area contributed by atoms with Crippen LogP contribution in [0.5, 0.6) is 0 Å². The molecule has 8 heteroatoms. The van der Waals surface area contributed by atoms with Crippen molar-refractivity contribution in [3.05, 3.63) is 22.5 Å². The SMILES string of the molecule is CC(C)(C)c1cc(Cl)c(NC(=O)O)c(C(F)(F)F)n1. The number of anilines is 1. The van der Waals surface area contributed by atoms with Crippen molar-refractivity contribution < 1.29 is 23.1 Å². The molecule has 1 amide bonds. The van der Waals surface area contributed by atoms with Crippen LogP contribution in [-0.2, 0) is 11.6 Å². The molecule has 0 atom stereocenters. The quantitative estimate of drug-likeness (QED) is 0.818. The Morgan fingerprint density at radius 1 is 1.37 bits per heavy atom. The number of pyridine rings is 1. The molecule has 4 nitrogen and oxygen atoms in total. The van der Waals surface area contributed by atoms with E-state index in [-0.39, 0.29) is 10.7 Å². The summed E-state index contributed by atoms with van der Waals surface area (Å²) in [7, 11) is 0. The largest absolute Gasteiger partial charge is 0.465 e. The topological polar surface area (TPSA) is 62.2 Å². The molecule has 0 radical (unpaired) electrons. The summed E-state index contributed by atoms with van der Waals surface area (Å²) in [5.74, 6) is 0. The zero-order valence-electron chi connectivity index (χ0n) is 10.4. The smallest absolute Gasteiger partial charge is 0.435 e. The highest BCUT2D eigenvalue weighted by Gasteiger charge is 2.38. The number of halogens is 4. The molecule has 0 saturated carbocycles. The molecule has 0 aliphatic heterocycles. The fourth-order valence-corrected chi connectivity index (χ4v) is 1.57. The van der Waals surface area contributed by atoms with Crippen LogP contribution in [0.4, 0.5) is 23.7 Å². The van der Waals surface area contributed by atoms with Gasteiger partial charge in [0, 0.05) is 11.1 Å². The number of carbonyl (C=O) groups is 1. The molecular formula is C11H12ClF3N2O2. The van der Waals surface area contributed by atoms with Crippen molar-refractivity contribution in [2.45, 2.75) is 32.4 Å². The zero-order valence-corrected chi connectivity index (χ0v) is 11.1. The molecule has 0 aliphatic rings. The lowest BCUT2D eigenvalue weighted by atomic mass is 9.91. The number of nitrogens with one attached hydrogen (secondary N) is 1. The lowest BCUT2D eigenvalue weighted by molar-refractivity contribution is -0.140. The number of amides is 1. The van der Waals surface area contributed by atoms with E-state index in [9.17, 15) is 18.0 Å². The second kappa shape index (κ2) is 4.88. The van der Waals surface area contributed by atoms with E-state index in [1.165, 1.54) is 6.07 Å². The molecule has 0 saturated heterocycles. The summed E-state index contributed by atoms with van der Waals surface area (Å²) >= 11 is 5.72. The number of rotatable bonds is 1. The Morgan fingerprint density at radius 2 is 1.89 bits per heavy atom. The Hall–Kier alpha value is -1.50. The summed E-state index contributed by atoms with van der Waals surface area (Å²) in [5, 5.41) is 9.84. The van der Waals surface area contributed by atoms with Crippen molar-refractivity contribution in [3.63, 3.8) is 0 Å². The molecule has 1 aromatic heterocycles. The minimum atomic E-state index is -4.80. The normalized spacial score (nSPS) is 12.4. The molecule has 0 aromatic carbocycles. The number of carboxylic acid groups (broad SMARTS) is 1. The van der Waals surface area contributed by atoms with Crippen LogP contribution in [0.2, 0.25) is 5.02 Å².